The number of rotatable bonds is 6. The fourth-order valence-corrected chi connectivity index (χ4v) is 1.61. The van der Waals surface area contributed by atoms with Crippen molar-refractivity contribution in [2.45, 2.75) is 20.5 Å². The van der Waals surface area contributed by atoms with Gasteiger partial charge in [-0.2, -0.15) is 4.98 Å². The predicted octanol–water partition coefficient (Wildman–Crippen LogP) is 3.28. The van der Waals surface area contributed by atoms with Gasteiger partial charge in [-0.1, -0.05) is 44.2 Å². The Morgan fingerprint density at radius 2 is 1.80 bits per heavy atom. The number of hydrogen-bond acceptors (Lipinski definition) is 4. The minimum absolute atomic E-state index is 0.421. The van der Waals surface area contributed by atoms with E-state index in [1.165, 1.54) is 0 Å². The average molecular weight is 272 g/mol. The van der Waals surface area contributed by atoms with Crippen LogP contribution < -0.4 is 15.2 Å². The van der Waals surface area contributed by atoms with Crippen LogP contribution in [0.1, 0.15) is 19.4 Å². The van der Waals surface area contributed by atoms with Gasteiger partial charge in [-0.3, -0.25) is 0 Å². The molecule has 2 aromatic rings. The number of pyridine rings is 1. The maximum Gasteiger partial charge on any atom is 0.240 e. The molecule has 4 heteroatoms. The van der Waals surface area contributed by atoms with E-state index in [1.54, 1.807) is 12.1 Å². The summed E-state index contributed by atoms with van der Waals surface area (Å²) < 4.78 is 11.2. The normalized spacial score (nSPS) is 10.6. The fraction of sp³-hybridized carbons (Fsp3) is 0.312. The number of ether oxygens (including phenoxy) is 2. The van der Waals surface area contributed by atoms with Gasteiger partial charge in [-0.05, 0) is 17.5 Å². The van der Waals surface area contributed by atoms with Crippen molar-refractivity contribution >= 4 is 5.69 Å². The van der Waals surface area contributed by atoms with Crippen LogP contribution in [0, 0.1) is 5.92 Å². The quantitative estimate of drug-likeness (QED) is 0.876. The maximum absolute atomic E-state index is 5.84. The van der Waals surface area contributed by atoms with Crippen LogP contribution >= 0.6 is 0 Å². The SMILES string of the molecule is CC(C)COc1nc(OCc2ccccc2)ccc1N. The van der Waals surface area contributed by atoms with Gasteiger partial charge in [-0.15, -0.1) is 0 Å². The highest BCUT2D eigenvalue weighted by Crippen LogP contribution is 2.23. The second-order valence-corrected chi connectivity index (χ2v) is 5.02. The van der Waals surface area contributed by atoms with Gasteiger partial charge in [0.15, 0.2) is 0 Å². The van der Waals surface area contributed by atoms with Gasteiger partial charge in [-0.25, -0.2) is 0 Å². The Balaban J connectivity index is 2.00. The molecule has 0 saturated carbocycles. The third-order valence-corrected chi connectivity index (χ3v) is 2.65. The Kier molecular flexibility index (Phi) is 4.82. The van der Waals surface area contributed by atoms with E-state index in [-0.39, 0.29) is 0 Å². The van der Waals surface area contributed by atoms with Crippen LogP contribution in [-0.4, -0.2) is 11.6 Å². The van der Waals surface area contributed by atoms with Crippen molar-refractivity contribution in [2.24, 2.45) is 5.92 Å². The van der Waals surface area contributed by atoms with E-state index < -0.39 is 0 Å². The van der Waals surface area contributed by atoms with Gasteiger partial charge in [0.05, 0.1) is 12.3 Å². The predicted molar refractivity (Wildman–Crippen MR) is 79.8 cm³/mol. The Morgan fingerprint density at radius 1 is 1.05 bits per heavy atom. The summed E-state index contributed by atoms with van der Waals surface area (Å²) in [6.07, 6.45) is 0. The van der Waals surface area contributed by atoms with Crippen LogP contribution in [0.4, 0.5) is 5.69 Å². The molecule has 2 N–H and O–H groups in total. The van der Waals surface area contributed by atoms with Gasteiger partial charge in [0.25, 0.3) is 0 Å². The third kappa shape index (κ3) is 4.16. The second kappa shape index (κ2) is 6.80. The maximum atomic E-state index is 5.84. The van der Waals surface area contributed by atoms with Gasteiger partial charge < -0.3 is 15.2 Å². The molecule has 0 spiro atoms. The Hall–Kier alpha value is -2.23. The van der Waals surface area contributed by atoms with Gasteiger partial charge in [0, 0.05) is 6.07 Å². The van der Waals surface area contributed by atoms with Crippen molar-refractivity contribution in [1.82, 2.24) is 4.98 Å². The number of hydrogen-bond donors (Lipinski definition) is 1. The first-order chi connectivity index (χ1) is 9.65. The molecule has 0 radical (unpaired) electrons. The van der Waals surface area contributed by atoms with Gasteiger partial charge in [0.1, 0.15) is 6.61 Å². The van der Waals surface area contributed by atoms with Crippen molar-refractivity contribution in [2.75, 3.05) is 12.3 Å². The first kappa shape index (κ1) is 14.2. The highest BCUT2D eigenvalue weighted by atomic mass is 16.5. The zero-order chi connectivity index (χ0) is 14.4. The van der Waals surface area contributed by atoms with Crippen molar-refractivity contribution in [1.29, 1.82) is 0 Å². The molecule has 0 aliphatic heterocycles. The standard InChI is InChI=1S/C16H20N2O2/c1-12(2)10-20-16-14(17)8-9-15(18-16)19-11-13-6-4-3-5-7-13/h3-9,12H,10-11,17H2,1-2H3. The number of anilines is 1. The fourth-order valence-electron chi connectivity index (χ4n) is 1.61. The zero-order valence-electron chi connectivity index (χ0n) is 11.9. The summed E-state index contributed by atoms with van der Waals surface area (Å²) in [6, 6.07) is 13.5. The molecule has 1 heterocycles. The molecule has 0 fully saturated rings. The molecular weight excluding hydrogens is 252 g/mol. The summed E-state index contributed by atoms with van der Waals surface area (Å²) in [5.41, 5.74) is 7.46. The van der Waals surface area contributed by atoms with E-state index >= 15 is 0 Å². The lowest BCUT2D eigenvalue weighted by atomic mass is 10.2. The van der Waals surface area contributed by atoms with Crippen molar-refractivity contribution in [3.05, 3.63) is 48.0 Å². The highest BCUT2D eigenvalue weighted by molar-refractivity contribution is 5.49. The molecule has 0 unspecified atom stereocenters. The summed E-state index contributed by atoms with van der Waals surface area (Å²) in [4.78, 5) is 4.29. The van der Waals surface area contributed by atoms with Crippen molar-refractivity contribution in [3.63, 3.8) is 0 Å². The Morgan fingerprint density at radius 3 is 2.50 bits per heavy atom. The average Bonchev–Trinajstić information content (AvgIpc) is 2.46. The lowest BCUT2D eigenvalue weighted by Crippen LogP contribution is -2.08. The summed E-state index contributed by atoms with van der Waals surface area (Å²) in [7, 11) is 0. The van der Waals surface area contributed by atoms with E-state index in [9.17, 15) is 0 Å². The minimum atomic E-state index is 0.421. The van der Waals surface area contributed by atoms with Crippen molar-refractivity contribution < 1.29 is 9.47 Å². The van der Waals surface area contributed by atoms with E-state index in [0.717, 1.165) is 5.56 Å². The monoisotopic (exact) mass is 272 g/mol. The summed E-state index contributed by atoms with van der Waals surface area (Å²) >= 11 is 0. The van der Waals surface area contributed by atoms with Gasteiger partial charge >= 0.3 is 0 Å². The molecule has 4 nitrogen and oxygen atoms in total. The van der Waals surface area contributed by atoms with E-state index in [2.05, 4.69) is 18.8 Å². The molecule has 0 amide bonds. The number of nitrogen functional groups attached to an aromatic ring is 1. The Bertz CT molecular complexity index is 541. The minimum Gasteiger partial charge on any atom is -0.476 e. The lowest BCUT2D eigenvalue weighted by Gasteiger charge is -2.11. The first-order valence-corrected chi connectivity index (χ1v) is 6.71. The molecule has 1 aromatic carbocycles. The second-order valence-electron chi connectivity index (χ2n) is 5.02. The number of nitrogens with zero attached hydrogens (tertiary/aromatic N) is 1. The molecule has 0 saturated heterocycles. The molecule has 106 valence electrons. The van der Waals surface area contributed by atoms with Crippen LogP contribution in [-0.2, 0) is 6.61 Å². The summed E-state index contributed by atoms with van der Waals surface area (Å²) in [6.45, 7) is 5.21. The van der Waals surface area contributed by atoms with Crippen molar-refractivity contribution in [3.8, 4) is 11.8 Å². The van der Waals surface area contributed by atoms with Crippen LogP contribution in [0.25, 0.3) is 0 Å². The van der Waals surface area contributed by atoms with E-state index in [4.69, 9.17) is 15.2 Å². The molecule has 0 atom stereocenters. The first-order valence-electron chi connectivity index (χ1n) is 6.71. The molecule has 2 rings (SSSR count). The highest BCUT2D eigenvalue weighted by Gasteiger charge is 2.06. The number of benzene rings is 1. The van der Waals surface area contributed by atoms with Crippen LogP contribution in [0.15, 0.2) is 42.5 Å². The number of aromatic nitrogens is 1. The molecule has 0 bridgehead atoms. The molecule has 0 aliphatic rings. The Labute approximate surface area is 119 Å². The van der Waals surface area contributed by atoms with Crippen LogP contribution in [0.3, 0.4) is 0 Å². The van der Waals surface area contributed by atoms with Crippen LogP contribution in [0.5, 0.6) is 11.8 Å². The lowest BCUT2D eigenvalue weighted by molar-refractivity contribution is 0.250. The molecule has 0 aliphatic carbocycles. The topological polar surface area (TPSA) is 57.4 Å². The third-order valence-electron chi connectivity index (χ3n) is 2.65. The largest absolute Gasteiger partial charge is 0.476 e. The molecular formula is C16H20N2O2. The zero-order valence-corrected chi connectivity index (χ0v) is 11.9. The smallest absolute Gasteiger partial charge is 0.240 e. The molecule has 20 heavy (non-hydrogen) atoms. The summed E-state index contributed by atoms with van der Waals surface area (Å²) in [5.74, 6) is 1.37. The molecule has 1 aromatic heterocycles. The number of nitrogens with two attached hydrogens (primary N) is 1. The van der Waals surface area contributed by atoms with Gasteiger partial charge in [0.2, 0.25) is 11.8 Å². The van der Waals surface area contributed by atoms with E-state index in [1.807, 2.05) is 30.3 Å². The summed E-state index contributed by atoms with van der Waals surface area (Å²) in [5, 5.41) is 0. The van der Waals surface area contributed by atoms with Crippen LogP contribution in [0.2, 0.25) is 0 Å². The van der Waals surface area contributed by atoms with E-state index in [0.29, 0.717) is 36.6 Å².